The molecule has 0 saturated carbocycles. The molecule has 1 N–H and O–H groups in total. The predicted octanol–water partition coefficient (Wildman–Crippen LogP) is 3.74. The first-order valence-electron chi connectivity index (χ1n) is 8.72. The van der Waals surface area contributed by atoms with Gasteiger partial charge in [-0.2, -0.15) is 0 Å². The Bertz CT molecular complexity index is 888. The number of para-hydroxylation sites is 2. The molecule has 1 aliphatic heterocycles. The molecule has 6 nitrogen and oxygen atoms in total. The Morgan fingerprint density at radius 2 is 1.93 bits per heavy atom. The Morgan fingerprint density at radius 3 is 2.68 bits per heavy atom. The number of hydrogen-bond donors (Lipinski definition) is 1. The van der Waals surface area contributed by atoms with Crippen LogP contribution in [0.1, 0.15) is 13.3 Å². The van der Waals surface area contributed by atoms with Crippen LogP contribution in [0.2, 0.25) is 5.02 Å². The van der Waals surface area contributed by atoms with Gasteiger partial charge in [-0.3, -0.25) is 19.3 Å². The zero-order chi connectivity index (χ0) is 20.1. The van der Waals surface area contributed by atoms with Gasteiger partial charge in [-0.15, -0.1) is 11.8 Å². The van der Waals surface area contributed by atoms with Crippen molar-refractivity contribution in [1.29, 1.82) is 0 Å². The number of nitrogens with one attached hydrogen (secondary N) is 1. The molecule has 0 aliphatic carbocycles. The van der Waals surface area contributed by atoms with Crippen molar-refractivity contribution in [3.63, 3.8) is 0 Å². The van der Waals surface area contributed by atoms with Gasteiger partial charge in [0.1, 0.15) is 6.54 Å². The maximum atomic E-state index is 12.7. The molecule has 0 radical (unpaired) electrons. The average Bonchev–Trinajstić information content (AvgIpc) is 2.68. The summed E-state index contributed by atoms with van der Waals surface area (Å²) in [6.07, 6.45) is -0.811. The highest BCUT2D eigenvalue weighted by Gasteiger charge is 2.31. The van der Waals surface area contributed by atoms with Gasteiger partial charge in [0.2, 0.25) is 5.91 Å². The SMILES string of the molecule is C[C@@H](OC(=O)CCSc1ccc(Cl)cc1)C(=O)N1CC(=O)Nc2ccccc21. The summed E-state index contributed by atoms with van der Waals surface area (Å²) < 4.78 is 5.28. The first-order valence-corrected chi connectivity index (χ1v) is 10.1. The molecular formula is C20H19ClN2O4S. The molecule has 28 heavy (non-hydrogen) atoms. The number of halogens is 1. The van der Waals surface area contributed by atoms with Gasteiger partial charge < -0.3 is 10.1 Å². The monoisotopic (exact) mass is 418 g/mol. The van der Waals surface area contributed by atoms with Crippen molar-refractivity contribution in [3.8, 4) is 0 Å². The third-order valence-electron chi connectivity index (χ3n) is 4.08. The van der Waals surface area contributed by atoms with E-state index in [1.54, 1.807) is 36.4 Å². The smallest absolute Gasteiger partial charge is 0.307 e. The van der Waals surface area contributed by atoms with Crippen molar-refractivity contribution < 1.29 is 19.1 Å². The first-order chi connectivity index (χ1) is 13.4. The van der Waals surface area contributed by atoms with Crippen molar-refractivity contribution in [2.45, 2.75) is 24.3 Å². The molecule has 2 aromatic rings. The molecule has 146 valence electrons. The van der Waals surface area contributed by atoms with E-state index in [1.807, 2.05) is 12.1 Å². The lowest BCUT2D eigenvalue weighted by molar-refractivity contribution is -0.153. The van der Waals surface area contributed by atoms with Gasteiger partial charge in [0.05, 0.1) is 17.8 Å². The number of ether oxygens (including phenoxy) is 1. The second-order valence-electron chi connectivity index (χ2n) is 6.17. The fourth-order valence-electron chi connectivity index (χ4n) is 2.74. The molecule has 0 saturated heterocycles. The van der Waals surface area contributed by atoms with E-state index in [-0.39, 0.29) is 18.9 Å². The molecule has 0 fully saturated rings. The van der Waals surface area contributed by atoms with E-state index in [9.17, 15) is 14.4 Å². The van der Waals surface area contributed by atoms with E-state index in [1.165, 1.54) is 23.6 Å². The second-order valence-corrected chi connectivity index (χ2v) is 7.78. The maximum Gasteiger partial charge on any atom is 0.307 e. The normalized spacial score (nSPS) is 14.1. The number of esters is 1. The fraction of sp³-hybridized carbons (Fsp3) is 0.250. The Kier molecular flexibility index (Phi) is 6.59. The second kappa shape index (κ2) is 9.12. The number of anilines is 2. The van der Waals surface area contributed by atoms with Crippen LogP contribution in [0, 0.1) is 0 Å². The molecule has 3 rings (SSSR count). The molecule has 2 aromatic carbocycles. The molecular weight excluding hydrogens is 400 g/mol. The summed E-state index contributed by atoms with van der Waals surface area (Å²) in [5.74, 6) is -0.654. The van der Waals surface area contributed by atoms with Crippen LogP contribution in [0.15, 0.2) is 53.4 Å². The van der Waals surface area contributed by atoms with Crippen molar-refractivity contribution in [1.82, 2.24) is 0 Å². The van der Waals surface area contributed by atoms with Gasteiger partial charge in [0.15, 0.2) is 6.10 Å². The van der Waals surface area contributed by atoms with Gasteiger partial charge in [0, 0.05) is 15.7 Å². The zero-order valence-electron chi connectivity index (χ0n) is 15.2. The van der Waals surface area contributed by atoms with Crippen LogP contribution in [-0.2, 0) is 19.1 Å². The minimum Gasteiger partial charge on any atom is -0.452 e. The van der Waals surface area contributed by atoms with Crippen LogP contribution in [0.4, 0.5) is 11.4 Å². The summed E-state index contributed by atoms with van der Waals surface area (Å²) in [6, 6.07) is 14.3. The van der Waals surface area contributed by atoms with Crippen molar-refractivity contribution in [2.24, 2.45) is 0 Å². The highest BCUT2D eigenvalue weighted by molar-refractivity contribution is 7.99. The summed E-state index contributed by atoms with van der Waals surface area (Å²) >= 11 is 7.35. The lowest BCUT2D eigenvalue weighted by Crippen LogP contribution is -2.47. The summed E-state index contributed by atoms with van der Waals surface area (Å²) in [4.78, 5) is 39.0. The standard InChI is InChI=1S/C20H19ClN2O4S/c1-13(27-19(25)10-11-28-15-8-6-14(21)7-9-15)20(26)23-12-18(24)22-16-4-2-3-5-17(16)23/h2-9,13H,10-12H2,1H3,(H,22,24)/t13-/m1/s1. The van der Waals surface area contributed by atoms with Crippen LogP contribution in [-0.4, -0.2) is 36.2 Å². The molecule has 1 aliphatic rings. The van der Waals surface area contributed by atoms with Crippen LogP contribution in [0.25, 0.3) is 0 Å². The van der Waals surface area contributed by atoms with E-state index < -0.39 is 18.0 Å². The highest BCUT2D eigenvalue weighted by Crippen LogP contribution is 2.29. The quantitative estimate of drug-likeness (QED) is 0.571. The summed E-state index contributed by atoms with van der Waals surface area (Å²) in [5.41, 5.74) is 1.15. The Balaban J connectivity index is 1.53. The number of amides is 2. The van der Waals surface area contributed by atoms with E-state index in [0.717, 1.165) is 4.90 Å². The van der Waals surface area contributed by atoms with Crippen molar-refractivity contribution in [3.05, 3.63) is 53.6 Å². The molecule has 0 bridgehead atoms. The third kappa shape index (κ3) is 5.05. The Hall–Kier alpha value is -2.51. The predicted molar refractivity (Wildman–Crippen MR) is 110 cm³/mol. The zero-order valence-corrected chi connectivity index (χ0v) is 16.8. The number of thioether (sulfide) groups is 1. The van der Waals surface area contributed by atoms with Crippen LogP contribution in [0.5, 0.6) is 0 Å². The van der Waals surface area contributed by atoms with E-state index in [0.29, 0.717) is 22.2 Å². The molecule has 0 spiro atoms. The van der Waals surface area contributed by atoms with E-state index >= 15 is 0 Å². The molecule has 0 aromatic heterocycles. The van der Waals surface area contributed by atoms with Gasteiger partial charge in [-0.05, 0) is 43.3 Å². The van der Waals surface area contributed by atoms with Crippen LogP contribution in [0.3, 0.4) is 0 Å². The Labute approximate surface area is 172 Å². The lowest BCUT2D eigenvalue weighted by atomic mass is 10.1. The molecule has 1 heterocycles. The van der Waals surface area contributed by atoms with Gasteiger partial charge in [-0.1, -0.05) is 23.7 Å². The number of benzene rings is 2. The number of nitrogens with zero attached hydrogens (tertiary/aromatic N) is 1. The molecule has 0 unspecified atom stereocenters. The molecule has 8 heteroatoms. The van der Waals surface area contributed by atoms with Gasteiger partial charge in [0.25, 0.3) is 5.91 Å². The average molecular weight is 419 g/mol. The topological polar surface area (TPSA) is 75.7 Å². The number of hydrogen-bond acceptors (Lipinski definition) is 5. The maximum absolute atomic E-state index is 12.7. The number of fused-ring (bicyclic) bond motifs is 1. The highest BCUT2D eigenvalue weighted by atomic mass is 35.5. The number of carbonyl (C=O) groups excluding carboxylic acids is 3. The fourth-order valence-corrected chi connectivity index (χ4v) is 3.70. The van der Waals surface area contributed by atoms with E-state index in [4.69, 9.17) is 16.3 Å². The minimum atomic E-state index is -0.980. The van der Waals surface area contributed by atoms with E-state index in [2.05, 4.69) is 5.32 Å². The number of carbonyl (C=O) groups is 3. The summed E-state index contributed by atoms with van der Waals surface area (Å²) in [7, 11) is 0. The van der Waals surface area contributed by atoms with Crippen molar-refractivity contribution >= 4 is 52.5 Å². The number of rotatable bonds is 6. The van der Waals surface area contributed by atoms with Crippen LogP contribution < -0.4 is 10.2 Å². The summed E-state index contributed by atoms with van der Waals surface area (Å²) in [6.45, 7) is 1.41. The first kappa shape index (κ1) is 20.2. The lowest BCUT2D eigenvalue weighted by Gasteiger charge is -2.30. The minimum absolute atomic E-state index is 0.107. The van der Waals surface area contributed by atoms with Gasteiger partial charge >= 0.3 is 5.97 Å². The largest absolute Gasteiger partial charge is 0.452 e. The summed E-state index contributed by atoms with van der Waals surface area (Å²) in [5, 5.41) is 3.38. The van der Waals surface area contributed by atoms with Crippen molar-refractivity contribution in [2.75, 3.05) is 22.5 Å². The molecule has 2 amide bonds. The van der Waals surface area contributed by atoms with Gasteiger partial charge in [-0.25, -0.2) is 0 Å². The Morgan fingerprint density at radius 1 is 1.21 bits per heavy atom. The van der Waals surface area contributed by atoms with Crippen LogP contribution >= 0.6 is 23.4 Å². The molecule has 1 atom stereocenters. The third-order valence-corrected chi connectivity index (χ3v) is 5.35.